The molecule has 1 aliphatic heterocycles. The zero-order valence-electron chi connectivity index (χ0n) is 13.0. The van der Waals surface area contributed by atoms with Crippen molar-refractivity contribution in [2.24, 2.45) is 0 Å². The molecule has 0 saturated heterocycles. The second-order valence-corrected chi connectivity index (χ2v) is 5.43. The van der Waals surface area contributed by atoms with E-state index in [0.717, 1.165) is 22.6 Å². The summed E-state index contributed by atoms with van der Waals surface area (Å²) in [5.74, 6) is 1.15. The van der Waals surface area contributed by atoms with Crippen LogP contribution in [0.15, 0.2) is 60.9 Å². The van der Waals surface area contributed by atoms with Crippen LogP contribution < -0.4 is 10.1 Å². The topological polar surface area (TPSA) is 52.0 Å². The van der Waals surface area contributed by atoms with Gasteiger partial charge in [-0.1, -0.05) is 18.2 Å². The van der Waals surface area contributed by atoms with E-state index in [1.807, 2.05) is 30.3 Å². The van der Waals surface area contributed by atoms with Gasteiger partial charge in [-0.25, -0.2) is 9.07 Å². The molecule has 3 aromatic rings. The third kappa shape index (κ3) is 2.42. The number of benzene rings is 2. The molecule has 0 aliphatic carbocycles. The Morgan fingerprint density at radius 3 is 2.71 bits per heavy atom. The van der Waals surface area contributed by atoms with Gasteiger partial charge in [0.1, 0.15) is 23.9 Å². The lowest BCUT2D eigenvalue weighted by atomic mass is 10.0. The number of hydrogen-bond donors (Lipinski definition) is 1. The molecule has 5 nitrogen and oxygen atoms in total. The Kier molecular flexibility index (Phi) is 3.49. The van der Waals surface area contributed by atoms with Gasteiger partial charge < -0.3 is 10.1 Å². The minimum absolute atomic E-state index is 0.167. The minimum atomic E-state index is -0.264. The summed E-state index contributed by atoms with van der Waals surface area (Å²) < 4.78 is 20.5. The Morgan fingerprint density at radius 1 is 1.12 bits per heavy atom. The van der Waals surface area contributed by atoms with E-state index in [9.17, 15) is 4.39 Å². The SMILES string of the molecule is COc1ccccc1[C@H]1C=C(c2ccc(F)cc2)Nc2ncnn21. The van der Waals surface area contributed by atoms with Crippen molar-refractivity contribution < 1.29 is 9.13 Å². The normalized spacial score (nSPS) is 16.1. The van der Waals surface area contributed by atoms with E-state index < -0.39 is 0 Å². The Bertz CT molecular complexity index is 901. The van der Waals surface area contributed by atoms with E-state index in [2.05, 4.69) is 15.4 Å². The molecule has 6 heteroatoms. The summed E-state index contributed by atoms with van der Waals surface area (Å²) in [6, 6.07) is 14.0. The van der Waals surface area contributed by atoms with Crippen molar-refractivity contribution >= 4 is 11.6 Å². The molecule has 0 fully saturated rings. The maximum Gasteiger partial charge on any atom is 0.226 e. The summed E-state index contributed by atoms with van der Waals surface area (Å²) in [6.45, 7) is 0. The van der Waals surface area contributed by atoms with Crippen molar-refractivity contribution in [3.63, 3.8) is 0 Å². The summed E-state index contributed by atoms with van der Waals surface area (Å²) in [5.41, 5.74) is 2.71. The fraction of sp³-hybridized carbons (Fsp3) is 0.111. The molecule has 0 radical (unpaired) electrons. The van der Waals surface area contributed by atoms with Crippen molar-refractivity contribution in [2.75, 3.05) is 12.4 Å². The van der Waals surface area contributed by atoms with E-state index in [1.54, 1.807) is 23.9 Å². The van der Waals surface area contributed by atoms with Gasteiger partial charge in [-0.15, -0.1) is 0 Å². The molecule has 2 aromatic carbocycles. The van der Waals surface area contributed by atoms with Crippen molar-refractivity contribution in [3.8, 4) is 5.75 Å². The predicted octanol–water partition coefficient (Wildman–Crippen LogP) is 3.48. The third-order valence-corrected chi connectivity index (χ3v) is 4.02. The quantitative estimate of drug-likeness (QED) is 0.802. The second kappa shape index (κ2) is 5.81. The fourth-order valence-corrected chi connectivity index (χ4v) is 2.86. The standard InChI is InChI=1S/C18H15FN4O/c1-24-17-5-3-2-4-14(17)16-10-15(12-6-8-13(19)9-7-12)22-18-20-11-21-23(16)18/h2-11,16H,1H3,(H,20,21,22)/t16-/m1/s1. The average molecular weight is 322 g/mol. The molecule has 1 atom stereocenters. The molecule has 1 aromatic heterocycles. The van der Waals surface area contributed by atoms with Crippen LogP contribution in [0.4, 0.5) is 10.3 Å². The molecular weight excluding hydrogens is 307 g/mol. The Balaban J connectivity index is 1.83. The van der Waals surface area contributed by atoms with Crippen LogP contribution in [0.1, 0.15) is 17.2 Å². The van der Waals surface area contributed by atoms with Gasteiger partial charge in [0, 0.05) is 11.3 Å². The lowest BCUT2D eigenvalue weighted by molar-refractivity contribution is 0.404. The van der Waals surface area contributed by atoms with Crippen molar-refractivity contribution in [1.82, 2.24) is 14.8 Å². The summed E-state index contributed by atoms with van der Waals surface area (Å²) in [6.07, 6.45) is 3.54. The highest BCUT2D eigenvalue weighted by Gasteiger charge is 2.25. The number of methoxy groups -OCH3 is 1. The molecule has 24 heavy (non-hydrogen) atoms. The van der Waals surface area contributed by atoms with Crippen LogP contribution in [0.2, 0.25) is 0 Å². The molecule has 120 valence electrons. The average Bonchev–Trinajstić information content (AvgIpc) is 3.10. The number of fused-ring (bicyclic) bond motifs is 1. The molecule has 4 rings (SSSR count). The maximum atomic E-state index is 13.2. The van der Waals surface area contributed by atoms with E-state index >= 15 is 0 Å². The summed E-state index contributed by atoms with van der Waals surface area (Å²) >= 11 is 0. The van der Waals surface area contributed by atoms with Gasteiger partial charge in [-0.2, -0.15) is 10.1 Å². The first-order valence-electron chi connectivity index (χ1n) is 7.53. The Labute approximate surface area is 138 Å². The number of nitrogens with zero attached hydrogens (tertiary/aromatic N) is 3. The van der Waals surface area contributed by atoms with Gasteiger partial charge in [0.15, 0.2) is 0 Å². The van der Waals surface area contributed by atoms with Gasteiger partial charge in [0.05, 0.1) is 7.11 Å². The number of anilines is 1. The smallest absolute Gasteiger partial charge is 0.226 e. The highest BCUT2D eigenvalue weighted by atomic mass is 19.1. The number of allylic oxidation sites excluding steroid dienone is 1. The van der Waals surface area contributed by atoms with Gasteiger partial charge >= 0.3 is 0 Å². The molecule has 0 saturated carbocycles. The molecular formula is C18H15FN4O. The molecule has 0 spiro atoms. The number of para-hydroxylation sites is 1. The molecule has 1 N–H and O–H groups in total. The highest BCUT2D eigenvalue weighted by Crippen LogP contribution is 2.35. The number of aromatic nitrogens is 3. The second-order valence-electron chi connectivity index (χ2n) is 5.43. The molecule has 0 unspecified atom stereocenters. The summed E-state index contributed by atoms with van der Waals surface area (Å²) in [7, 11) is 1.65. The predicted molar refractivity (Wildman–Crippen MR) is 89.2 cm³/mol. The number of ether oxygens (including phenoxy) is 1. The van der Waals surface area contributed by atoms with E-state index in [4.69, 9.17) is 4.74 Å². The maximum absolute atomic E-state index is 13.2. The van der Waals surface area contributed by atoms with Crippen LogP contribution in [-0.2, 0) is 0 Å². The molecule has 2 heterocycles. The van der Waals surface area contributed by atoms with Crippen LogP contribution >= 0.6 is 0 Å². The summed E-state index contributed by atoms with van der Waals surface area (Å²) in [4.78, 5) is 4.27. The third-order valence-electron chi connectivity index (χ3n) is 4.02. The van der Waals surface area contributed by atoms with E-state index in [0.29, 0.717) is 5.95 Å². The summed E-state index contributed by atoms with van der Waals surface area (Å²) in [5, 5.41) is 7.55. The fourth-order valence-electron chi connectivity index (χ4n) is 2.86. The zero-order valence-corrected chi connectivity index (χ0v) is 13.0. The zero-order chi connectivity index (χ0) is 16.5. The largest absolute Gasteiger partial charge is 0.496 e. The number of rotatable bonds is 3. The van der Waals surface area contributed by atoms with E-state index in [1.165, 1.54) is 18.5 Å². The van der Waals surface area contributed by atoms with Crippen molar-refractivity contribution in [1.29, 1.82) is 0 Å². The van der Waals surface area contributed by atoms with E-state index in [-0.39, 0.29) is 11.9 Å². The van der Waals surface area contributed by atoms with Gasteiger partial charge in [0.2, 0.25) is 5.95 Å². The highest BCUT2D eigenvalue weighted by molar-refractivity contribution is 5.77. The first kappa shape index (κ1) is 14.4. The van der Waals surface area contributed by atoms with Crippen LogP contribution in [0.3, 0.4) is 0 Å². The van der Waals surface area contributed by atoms with Gasteiger partial charge in [-0.05, 0) is 42.0 Å². The molecule has 1 aliphatic rings. The van der Waals surface area contributed by atoms with Crippen molar-refractivity contribution in [3.05, 3.63) is 77.9 Å². The lowest BCUT2D eigenvalue weighted by Crippen LogP contribution is -2.20. The first-order valence-corrected chi connectivity index (χ1v) is 7.53. The minimum Gasteiger partial charge on any atom is -0.496 e. The lowest BCUT2D eigenvalue weighted by Gasteiger charge is -2.25. The van der Waals surface area contributed by atoms with Gasteiger partial charge in [-0.3, -0.25) is 0 Å². The molecule has 0 amide bonds. The monoisotopic (exact) mass is 322 g/mol. The molecule has 0 bridgehead atoms. The van der Waals surface area contributed by atoms with Crippen LogP contribution in [-0.4, -0.2) is 21.9 Å². The van der Waals surface area contributed by atoms with Crippen LogP contribution in [0, 0.1) is 5.82 Å². The number of hydrogen-bond acceptors (Lipinski definition) is 4. The van der Waals surface area contributed by atoms with Gasteiger partial charge in [0.25, 0.3) is 0 Å². The van der Waals surface area contributed by atoms with Crippen LogP contribution in [0.5, 0.6) is 5.75 Å². The first-order chi connectivity index (χ1) is 11.8. The van der Waals surface area contributed by atoms with Crippen molar-refractivity contribution in [2.45, 2.75) is 6.04 Å². The Hall–Kier alpha value is -3.15. The number of halogens is 1. The Morgan fingerprint density at radius 2 is 1.92 bits per heavy atom. The number of nitrogens with one attached hydrogen (secondary N) is 1. The van der Waals surface area contributed by atoms with Crippen LogP contribution in [0.25, 0.3) is 5.70 Å².